The molecule has 1 aromatic heterocycles. The van der Waals surface area contributed by atoms with Crippen molar-refractivity contribution in [1.82, 2.24) is 4.90 Å². The highest BCUT2D eigenvalue weighted by atomic mass is 32.2. The minimum Gasteiger partial charge on any atom is -0.481 e. The molecule has 0 atom stereocenters. The molecule has 0 aliphatic heterocycles. The Bertz CT molecular complexity index is 827. The summed E-state index contributed by atoms with van der Waals surface area (Å²) in [6.45, 7) is 2.18. The average molecular weight is 367 g/mol. The Morgan fingerprint density at radius 3 is 2.38 bits per heavy atom. The third-order valence-electron chi connectivity index (χ3n) is 3.38. The van der Waals surface area contributed by atoms with Gasteiger partial charge in [-0.3, -0.25) is 9.59 Å². The summed E-state index contributed by atoms with van der Waals surface area (Å²) < 4.78 is 25.2. The Hall–Kier alpha value is -2.19. The number of carboxylic acid groups (broad SMARTS) is 1. The fraction of sp³-hybridized carbons (Fsp3) is 0.250. The lowest BCUT2D eigenvalue weighted by atomic mass is 10.3. The first-order valence-electron chi connectivity index (χ1n) is 7.27. The fourth-order valence-electron chi connectivity index (χ4n) is 2.09. The van der Waals surface area contributed by atoms with Crippen LogP contribution in [0.5, 0.6) is 0 Å². The molecule has 0 aliphatic carbocycles. The van der Waals surface area contributed by atoms with Gasteiger partial charge in [0.25, 0.3) is 5.91 Å². The van der Waals surface area contributed by atoms with Crippen LogP contribution >= 0.6 is 11.3 Å². The number of carbonyl (C=O) groups excluding carboxylic acids is 1. The standard InChI is InChI=1S/C16H17NO5S2/c1-2-17(11-10-14(18)19)16(20)13-8-9-15(23-13)24(21,22)12-6-4-3-5-7-12/h3-9H,2,10-11H2,1H3,(H,18,19). The van der Waals surface area contributed by atoms with E-state index in [0.717, 1.165) is 11.3 Å². The summed E-state index contributed by atoms with van der Waals surface area (Å²) in [7, 11) is -3.66. The van der Waals surface area contributed by atoms with Crippen molar-refractivity contribution in [3.8, 4) is 0 Å². The molecule has 1 heterocycles. The second-order valence-corrected chi connectivity index (χ2v) is 8.22. The number of benzene rings is 1. The van der Waals surface area contributed by atoms with Crippen LogP contribution in [0, 0.1) is 0 Å². The number of thiophene rings is 1. The van der Waals surface area contributed by atoms with Crippen LogP contribution in [0.1, 0.15) is 23.0 Å². The van der Waals surface area contributed by atoms with E-state index in [0.29, 0.717) is 6.54 Å². The lowest BCUT2D eigenvalue weighted by Gasteiger charge is -2.18. The molecule has 1 N–H and O–H groups in total. The summed E-state index contributed by atoms with van der Waals surface area (Å²) in [4.78, 5) is 24.9. The lowest BCUT2D eigenvalue weighted by Crippen LogP contribution is -2.32. The van der Waals surface area contributed by atoms with Crippen molar-refractivity contribution in [2.75, 3.05) is 13.1 Å². The third-order valence-corrected chi connectivity index (χ3v) is 6.71. The maximum absolute atomic E-state index is 12.5. The highest BCUT2D eigenvalue weighted by molar-refractivity contribution is 7.93. The number of rotatable bonds is 7. The van der Waals surface area contributed by atoms with Crippen LogP contribution in [0.2, 0.25) is 0 Å². The molecule has 24 heavy (non-hydrogen) atoms. The number of hydrogen-bond acceptors (Lipinski definition) is 5. The molecule has 6 nitrogen and oxygen atoms in total. The van der Waals surface area contributed by atoms with Gasteiger partial charge in [0.15, 0.2) is 0 Å². The second kappa shape index (κ2) is 7.59. The number of aliphatic carboxylic acids is 1. The number of sulfone groups is 1. The maximum atomic E-state index is 12.5. The van der Waals surface area contributed by atoms with E-state index in [9.17, 15) is 18.0 Å². The molecule has 2 aromatic rings. The summed E-state index contributed by atoms with van der Waals surface area (Å²) in [6, 6.07) is 10.9. The van der Waals surface area contributed by atoms with E-state index in [1.165, 1.54) is 29.2 Å². The fourth-order valence-corrected chi connectivity index (χ4v) is 4.78. The van der Waals surface area contributed by atoms with Crippen LogP contribution in [0.4, 0.5) is 0 Å². The molecular formula is C16H17NO5S2. The van der Waals surface area contributed by atoms with Gasteiger partial charge in [-0.05, 0) is 31.2 Å². The van der Waals surface area contributed by atoms with E-state index in [2.05, 4.69) is 0 Å². The third kappa shape index (κ3) is 4.01. The van der Waals surface area contributed by atoms with Crippen molar-refractivity contribution >= 4 is 33.1 Å². The van der Waals surface area contributed by atoms with Gasteiger partial charge in [-0.15, -0.1) is 11.3 Å². The van der Waals surface area contributed by atoms with E-state index >= 15 is 0 Å². The molecule has 0 radical (unpaired) electrons. The molecule has 8 heteroatoms. The molecule has 0 saturated heterocycles. The SMILES string of the molecule is CCN(CCC(=O)O)C(=O)c1ccc(S(=O)(=O)c2ccccc2)s1. The van der Waals surface area contributed by atoms with Gasteiger partial charge in [0.1, 0.15) is 4.21 Å². The zero-order chi connectivity index (χ0) is 17.7. The van der Waals surface area contributed by atoms with Gasteiger partial charge in [0, 0.05) is 13.1 Å². The van der Waals surface area contributed by atoms with E-state index in [1.807, 2.05) is 0 Å². The summed E-state index contributed by atoms with van der Waals surface area (Å²) in [5, 5.41) is 8.73. The first-order valence-corrected chi connectivity index (χ1v) is 9.57. The van der Waals surface area contributed by atoms with Crippen LogP contribution in [-0.2, 0) is 14.6 Å². The van der Waals surface area contributed by atoms with Crippen molar-refractivity contribution in [2.24, 2.45) is 0 Å². The predicted molar refractivity (Wildman–Crippen MR) is 90.0 cm³/mol. The molecule has 0 unspecified atom stereocenters. The van der Waals surface area contributed by atoms with E-state index < -0.39 is 15.8 Å². The maximum Gasteiger partial charge on any atom is 0.305 e. The summed E-state index contributed by atoms with van der Waals surface area (Å²) in [6.07, 6.45) is -0.153. The minimum absolute atomic E-state index is 0.0866. The molecule has 1 aromatic carbocycles. The van der Waals surface area contributed by atoms with Crippen LogP contribution in [0.15, 0.2) is 51.6 Å². The van der Waals surface area contributed by atoms with Crippen molar-refractivity contribution < 1.29 is 23.1 Å². The highest BCUT2D eigenvalue weighted by Gasteiger charge is 2.23. The molecule has 2 rings (SSSR count). The second-order valence-electron chi connectivity index (χ2n) is 4.96. The van der Waals surface area contributed by atoms with Crippen LogP contribution in [-0.4, -0.2) is 43.4 Å². The first kappa shape index (κ1) is 18.2. The summed E-state index contributed by atoms with van der Waals surface area (Å²) in [5.41, 5.74) is 0. The largest absolute Gasteiger partial charge is 0.481 e. The average Bonchev–Trinajstić information content (AvgIpc) is 3.06. The van der Waals surface area contributed by atoms with E-state index in [1.54, 1.807) is 25.1 Å². The van der Waals surface area contributed by atoms with Crippen LogP contribution < -0.4 is 0 Å². The van der Waals surface area contributed by atoms with Crippen molar-refractivity contribution in [2.45, 2.75) is 22.4 Å². The van der Waals surface area contributed by atoms with Gasteiger partial charge in [0.05, 0.1) is 16.2 Å². The van der Waals surface area contributed by atoms with Gasteiger partial charge in [0.2, 0.25) is 9.84 Å². The summed E-state index contributed by atoms with van der Waals surface area (Å²) in [5.74, 6) is -1.35. The Morgan fingerprint density at radius 2 is 1.79 bits per heavy atom. The molecule has 0 spiro atoms. The van der Waals surface area contributed by atoms with E-state index in [-0.39, 0.29) is 32.9 Å². The minimum atomic E-state index is -3.66. The van der Waals surface area contributed by atoms with Gasteiger partial charge < -0.3 is 10.0 Å². The molecule has 0 aliphatic rings. The highest BCUT2D eigenvalue weighted by Crippen LogP contribution is 2.28. The smallest absolute Gasteiger partial charge is 0.305 e. The van der Waals surface area contributed by atoms with Crippen LogP contribution in [0.25, 0.3) is 0 Å². The monoisotopic (exact) mass is 367 g/mol. The van der Waals surface area contributed by atoms with Crippen LogP contribution in [0.3, 0.4) is 0 Å². The lowest BCUT2D eigenvalue weighted by molar-refractivity contribution is -0.137. The van der Waals surface area contributed by atoms with E-state index in [4.69, 9.17) is 5.11 Å². The normalized spacial score (nSPS) is 11.2. The first-order chi connectivity index (χ1) is 11.4. The molecule has 0 saturated carbocycles. The Labute approximate surface area is 144 Å². The van der Waals surface area contributed by atoms with Gasteiger partial charge in [-0.1, -0.05) is 18.2 Å². The number of hydrogen-bond donors (Lipinski definition) is 1. The summed E-state index contributed by atoms with van der Waals surface area (Å²) >= 11 is 0.894. The van der Waals surface area contributed by atoms with Gasteiger partial charge in [-0.2, -0.15) is 0 Å². The predicted octanol–water partition coefficient (Wildman–Crippen LogP) is 2.52. The van der Waals surface area contributed by atoms with Crippen molar-refractivity contribution in [1.29, 1.82) is 0 Å². The Balaban J connectivity index is 2.23. The number of carboxylic acids is 1. The molecule has 0 bridgehead atoms. The molecular weight excluding hydrogens is 350 g/mol. The number of amides is 1. The Kier molecular flexibility index (Phi) is 5.74. The quantitative estimate of drug-likeness (QED) is 0.812. The van der Waals surface area contributed by atoms with Crippen molar-refractivity contribution in [3.63, 3.8) is 0 Å². The van der Waals surface area contributed by atoms with Crippen molar-refractivity contribution in [3.05, 3.63) is 47.3 Å². The number of carbonyl (C=O) groups is 2. The number of nitrogens with zero attached hydrogens (tertiary/aromatic N) is 1. The Morgan fingerprint density at radius 1 is 1.12 bits per heavy atom. The zero-order valence-electron chi connectivity index (χ0n) is 13.0. The van der Waals surface area contributed by atoms with Gasteiger partial charge in [-0.25, -0.2) is 8.42 Å². The molecule has 128 valence electrons. The topological polar surface area (TPSA) is 91.8 Å². The zero-order valence-corrected chi connectivity index (χ0v) is 14.6. The molecule has 1 amide bonds. The molecule has 0 fully saturated rings. The van der Waals surface area contributed by atoms with Gasteiger partial charge >= 0.3 is 5.97 Å².